The molecule has 0 spiro atoms. The Bertz CT molecular complexity index is 283. The molecular formula is C8H13N3OS. The molecule has 0 radical (unpaired) electrons. The van der Waals surface area contributed by atoms with Crippen LogP contribution in [0.25, 0.3) is 0 Å². The van der Waals surface area contributed by atoms with Gasteiger partial charge >= 0.3 is 0 Å². The third-order valence-corrected chi connectivity index (χ3v) is 3.61. The van der Waals surface area contributed by atoms with Crippen LogP contribution in [-0.2, 0) is 7.05 Å². The Labute approximate surface area is 81.4 Å². The molecule has 0 saturated carbocycles. The molecule has 0 aromatic carbocycles. The summed E-state index contributed by atoms with van der Waals surface area (Å²) in [6, 6.07) is 0. The van der Waals surface area contributed by atoms with Crippen molar-refractivity contribution in [2.45, 2.75) is 12.5 Å². The maximum Gasteiger partial charge on any atom is 0.161 e. The van der Waals surface area contributed by atoms with Crippen molar-refractivity contribution in [2.75, 3.05) is 11.5 Å². The Morgan fingerprint density at radius 2 is 2.62 bits per heavy atom. The van der Waals surface area contributed by atoms with E-state index in [1.54, 1.807) is 10.9 Å². The van der Waals surface area contributed by atoms with Crippen LogP contribution in [0.15, 0.2) is 6.33 Å². The number of hydrogen-bond acceptors (Lipinski definition) is 4. The highest BCUT2D eigenvalue weighted by atomic mass is 32.2. The number of aromatic nitrogens is 3. The lowest BCUT2D eigenvalue weighted by atomic mass is 10.0. The van der Waals surface area contributed by atoms with Crippen LogP contribution < -0.4 is 0 Å². The summed E-state index contributed by atoms with van der Waals surface area (Å²) in [5.74, 6) is 3.23. The summed E-state index contributed by atoms with van der Waals surface area (Å²) in [6.07, 6.45) is 2.27. The standard InChI is InChI=1S/C8H13N3OS/c1-11-5-9-10-8(11)7(12)6-2-3-13-4-6/h5-7,12H,2-4H2,1H3. The highest BCUT2D eigenvalue weighted by Crippen LogP contribution is 2.32. The Balaban J connectivity index is 2.12. The summed E-state index contributed by atoms with van der Waals surface area (Å²) in [4.78, 5) is 0. The molecule has 4 nitrogen and oxygen atoms in total. The van der Waals surface area contributed by atoms with Crippen LogP contribution in [0.1, 0.15) is 18.3 Å². The highest BCUT2D eigenvalue weighted by Gasteiger charge is 2.27. The van der Waals surface area contributed by atoms with Crippen molar-refractivity contribution >= 4 is 11.8 Å². The first-order chi connectivity index (χ1) is 6.29. The second kappa shape index (κ2) is 3.67. The molecule has 1 aromatic rings. The first-order valence-corrected chi connectivity index (χ1v) is 5.54. The molecule has 0 aliphatic carbocycles. The molecule has 1 aliphatic rings. The Kier molecular flexibility index (Phi) is 2.55. The van der Waals surface area contributed by atoms with Gasteiger partial charge in [-0.2, -0.15) is 11.8 Å². The van der Waals surface area contributed by atoms with Gasteiger partial charge in [-0.3, -0.25) is 0 Å². The van der Waals surface area contributed by atoms with E-state index in [1.165, 1.54) is 0 Å². The Morgan fingerprint density at radius 1 is 1.77 bits per heavy atom. The van der Waals surface area contributed by atoms with Gasteiger partial charge in [0.05, 0.1) is 0 Å². The predicted molar refractivity (Wildman–Crippen MR) is 51.4 cm³/mol. The van der Waals surface area contributed by atoms with E-state index in [1.807, 2.05) is 18.8 Å². The Hall–Kier alpha value is -0.550. The first kappa shape index (κ1) is 9.02. The molecule has 2 heterocycles. The van der Waals surface area contributed by atoms with Crippen LogP contribution in [0.3, 0.4) is 0 Å². The van der Waals surface area contributed by atoms with E-state index in [0.717, 1.165) is 17.9 Å². The zero-order valence-electron chi connectivity index (χ0n) is 7.55. The van der Waals surface area contributed by atoms with Gasteiger partial charge in [-0.05, 0) is 17.9 Å². The average molecular weight is 199 g/mol. The van der Waals surface area contributed by atoms with Gasteiger partial charge in [-0.1, -0.05) is 0 Å². The predicted octanol–water partition coefficient (Wildman–Crippen LogP) is 0.602. The molecule has 0 amide bonds. The van der Waals surface area contributed by atoms with Crippen LogP contribution in [0.2, 0.25) is 0 Å². The molecule has 5 heteroatoms. The average Bonchev–Trinajstić information content (AvgIpc) is 2.72. The third kappa shape index (κ3) is 1.71. The second-order valence-electron chi connectivity index (χ2n) is 3.37. The molecule has 2 atom stereocenters. The maximum absolute atomic E-state index is 9.95. The number of rotatable bonds is 2. The minimum absolute atomic E-state index is 0.355. The van der Waals surface area contributed by atoms with Gasteiger partial charge in [0, 0.05) is 13.0 Å². The highest BCUT2D eigenvalue weighted by molar-refractivity contribution is 7.99. The van der Waals surface area contributed by atoms with Gasteiger partial charge in [0.1, 0.15) is 12.4 Å². The number of thioether (sulfide) groups is 1. The van der Waals surface area contributed by atoms with Crippen molar-refractivity contribution in [3.63, 3.8) is 0 Å². The summed E-state index contributed by atoms with van der Waals surface area (Å²) in [7, 11) is 1.86. The molecule has 1 saturated heterocycles. The molecular weight excluding hydrogens is 186 g/mol. The van der Waals surface area contributed by atoms with Crippen LogP contribution in [0.4, 0.5) is 0 Å². The molecule has 0 bridgehead atoms. The summed E-state index contributed by atoms with van der Waals surface area (Å²) in [5, 5.41) is 17.6. The van der Waals surface area contributed by atoms with Crippen molar-refractivity contribution in [3.8, 4) is 0 Å². The van der Waals surface area contributed by atoms with Gasteiger partial charge in [-0.25, -0.2) is 0 Å². The largest absolute Gasteiger partial charge is 0.385 e. The van der Waals surface area contributed by atoms with Crippen molar-refractivity contribution in [1.29, 1.82) is 0 Å². The number of aryl methyl sites for hydroxylation is 1. The fourth-order valence-electron chi connectivity index (χ4n) is 1.57. The molecule has 2 rings (SSSR count). The normalized spacial score (nSPS) is 24.9. The molecule has 1 N–H and O–H groups in total. The summed E-state index contributed by atoms with van der Waals surface area (Å²) >= 11 is 1.90. The maximum atomic E-state index is 9.95. The van der Waals surface area contributed by atoms with Crippen LogP contribution >= 0.6 is 11.8 Å². The van der Waals surface area contributed by atoms with Crippen LogP contribution in [0.5, 0.6) is 0 Å². The first-order valence-electron chi connectivity index (χ1n) is 4.38. The van der Waals surface area contributed by atoms with E-state index in [2.05, 4.69) is 10.2 Å². The smallest absolute Gasteiger partial charge is 0.161 e. The minimum atomic E-state index is -0.442. The number of nitrogens with zero attached hydrogens (tertiary/aromatic N) is 3. The second-order valence-corrected chi connectivity index (χ2v) is 4.52. The van der Waals surface area contributed by atoms with E-state index in [4.69, 9.17) is 0 Å². The molecule has 1 aliphatic heterocycles. The number of hydrogen-bond donors (Lipinski definition) is 1. The van der Waals surface area contributed by atoms with E-state index in [-0.39, 0.29) is 0 Å². The van der Waals surface area contributed by atoms with Crippen molar-refractivity contribution in [1.82, 2.24) is 14.8 Å². The molecule has 72 valence electrons. The lowest BCUT2D eigenvalue weighted by Gasteiger charge is -2.15. The van der Waals surface area contributed by atoms with Crippen molar-refractivity contribution in [2.24, 2.45) is 13.0 Å². The van der Waals surface area contributed by atoms with E-state index >= 15 is 0 Å². The SMILES string of the molecule is Cn1cnnc1C(O)C1CCSC1. The molecule has 2 unspecified atom stereocenters. The summed E-state index contributed by atoms with van der Waals surface area (Å²) in [5.41, 5.74) is 0. The molecule has 1 aromatic heterocycles. The van der Waals surface area contributed by atoms with E-state index < -0.39 is 6.10 Å². The van der Waals surface area contributed by atoms with Gasteiger partial charge in [0.25, 0.3) is 0 Å². The monoisotopic (exact) mass is 199 g/mol. The van der Waals surface area contributed by atoms with Crippen LogP contribution in [-0.4, -0.2) is 31.4 Å². The van der Waals surface area contributed by atoms with Crippen LogP contribution in [0, 0.1) is 5.92 Å². The summed E-state index contributed by atoms with van der Waals surface area (Å²) in [6.45, 7) is 0. The van der Waals surface area contributed by atoms with E-state index in [0.29, 0.717) is 11.7 Å². The lowest BCUT2D eigenvalue weighted by molar-refractivity contribution is 0.109. The molecule has 13 heavy (non-hydrogen) atoms. The Morgan fingerprint density at radius 3 is 3.15 bits per heavy atom. The van der Waals surface area contributed by atoms with E-state index in [9.17, 15) is 5.11 Å². The zero-order chi connectivity index (χ0) is 9.26. The third-order valence-electron chi connectivity index (χ3n) is 2.42. The van der Waals surface area contributed by atoms with Gasteiger partial charge in [0.15, 0.2) is 5.82 Å². The minimum Gasteiger partial charge on any atom is -0.385 e. The number of aliphatic hydroxyl groups excluding tert-OH is 1. The summed E-state index contributed by atoms with van der Waals surface area (Å²) < 4.78 is 1.79. The van der Waals surface area contributed by atoms with Crippen molar-refractivity contribution in [3.05, 3.63) is 12.2 Å². The molecule has 1 fully saturated rings. The van der Waals surface area contributed by atoms with Crippen molar-refractivity contribution < 1.29 is 5.11 Å². The van der Waals surface area contributed by atoms with Gasteiger partial charge in [0.2, 0.25) is 0 Å². The number of aliphatic hydroxyl groups is 1. The zero-order valence-corrected chi connectivity index (χ0v) is 8.37. The topological polar surface area (TPSA) is 50.9 Å². The fourth-order valence-corrected chi connectivity index (χ4v) is 2.86. The van der Waals surface area contributed by atoms with Gasteiger partial charge in [-0.15, -0.1) is 10.2 Å². The fraction of sp³-hybridized carbons (Fsp3) is 0.750. The lowest BCUT2D eigenvalue weighted by Crippen LogP contribution is -2.15. The van der Waals surface area contributed by atoms with Gasteiger partial charge < -0.3 is 9.67 Å². The quantitative estimate of drug-likeness (QED) is 0.758.